The van der Waals surface area contributed by atoms with E-state index in [1.54, 1.807) is 19.2 Å². The second-order valence-electron chi connectivity index (χ2n) is 7.94. The molecule has 3 N–H and O–H groups in total. The minimum Gasteiger partial charge on any atom is -0.497 e. The first-order valence-corrected chi connectivity index (χ1v) is 9.86. The van der Waals surface area contributed by atoms with Crippen LogP contribution in [-0.2, 0) is 17.9 Å². The second-order valence-corrected chi connectivity index (χ2v) is 7.94. The lowest BCUT2D eigenvalue weighted by molar-refractivity contribution is -0.384. The molecule has 0 aliphatic carbocycles. The number of nitrogens with zero attached hydrogens (tertiary/aromatic N) is 2. The van der Waals surface area contributed by atoms with Crippen LogP contribution < -0.4 is 20.7 Å². The summed E-state index contributed by atoms with van der Waals surface area (Å²) >= 11 is 0. The maximum atomic E-state index is 12.1. The van der Waals surface area contributed by atoms with E-state index in [4.69, 9.17) is 4.74 Å². The zero-order valence-corrected chi connectivity index (χ0v) is 18.3. The molecule has 0 aliphatic heterocycles. The Morgan fingerprint density at radius 1 is 1.03 bits per heavy atom. The van der Waals surface area contributed by atoms with Crippen LogP contribution in [0.5, 0.6) is 5.75 Å². The molecule has 2 aromatic rings. The lowest BCUT2D eigenvalue weighted by Crippen LogP contribution is -2.48. The molecule has 31 heavy (non-hydrogen) atoms. The zero-order chi connectivity index (χ0) is 22.9. The van der Waals surface area contributed by atoms with E-state index < -0.39 is 4.92 Å². The highest BCUT2D eigenvalue weighted by Gasteiger charge is 2.14. The number of carbonyl (C=O) groups excluding carboxylic acids is 1. The minimum atomic E-state index is -0.436. The molecule has 0 fully saturated rings. The van der Waals surface area contributed by atoms with Gasteiger partial charge in [-0.3, -0.25) is 14.9 Å². The molecule has 9 nitrogen and oxygen atoms in total. The standard InChI is InChI=1S/C22H29N5O4/c1-22(2,3)26-20(28)15-25-21(24-14-17-7-11-19(31-4)12-8-17)23-13-16-5-9-18(10-6-16)27(29)30/h5-12H,13-15H2,1-4H3,(H,26,28)(H2,23,24,25). The quantitative estimate of drug-likeness (QED) is 0.258. The van der Waals surface area contributed by atoms with Gasteiger partial charge in [0.15, 0.2) is 5.96 Å². The highest BCUT2D eigenvalue weighted by Crippen LogP contribution is 2.13. The highest BCUT2D eigenvalue weighted by molar-refractivity contribution is 5.86. The van der Waals surface area contributed by atoms with Crippen LogP contribution in [0.1, 0.15) is 31.9 Å². The number of guanidine groups is 1. The molecule has 0 aliphatic rings. The summed E-state index contributed by atoms with van der Waals surface area (Å²) in [5.41, 5.74) is 1.54. The number of benzene rings is 2. The maximum Gasteiger partial charge on any atom is 0.269 e. The Morgan fingerprint density at radius 2 is 1.65 bits per heavy atom. The lowest BCUT2D eigenvalue weighted by Gasteiger charge is -2.21. The van der Waals surface area contributed by atoms with E-state index >= 15 is 0 Å². The van der Waals surface area contributed by atoms with Crippen LogP contribution in [0, 0.1) is 10.1 Å². The molecular formula is C22H29N5O4. The Labute approximate surface area is 182 Å². The van der Waals surface area contributed by atoms with Crippen LogP contribution in [0.4, 0.5) is 5.69 Å². The molecule has 2 aromatic carbocycles. The van der Waals surface area contributed by atoms with E-state index in [0.29, 0.717) is 19.0 Å². The normalized spacial score (nSPS) is 11.5. The van der Waals surface area contributed by atoms with E-state index in [1.165, 1.54) is 12.1 Å². The Balaban J connectivity index is 2.04. The number of ether oxygens (including phenoxy) is 1. The number of nitrogens with one attached hydrogen (secondary N) is 3. The number of rotatable bonds is 8. The van der Waals surface area contributed by atoms with Gasteiger partial charge >= 0.3 is 0 Å². The molecule has 1 amide bonds. The summed E-state index contributed by atoms with van der Waals surface area (Å²) in [7, 11) is 1.61. The Kier molecular flexibility index (Phi) is 8.36. The fourth-order valence-electron chi connectivity index (χ4n) is 2.62. The number of methoxy groups -OCH3 is 1. The number of hydrogen-bond acceptors (Lipinski definition) is 5. The Morgan fingerprint density at radius 3 is 2.19 bits per heavy atom. The average molecular weight is 428 g/mol. The van der Waals surface area contributed by atoms with Crippen LogP contribution in [0.25, 0.3) is 0 Å². The van der Waals surface area contributed by atoms with Crippen LogP contribution >= 0.6 is 0 Å². The molecule has 2 rings (SSSR count). The van der Waals surface area contributed by atoms with Crippen molar-refractivity contribution in [2.75, 3.05) is 13.7 Å². The summed E-state index contributed by atoms with van der Waals surface area (Å²) < 4.78 is 5.16. The third-order valence-corrected chi connectivity index (χ3v) is 4.12. The topological polar surface area (TPSA) is 118 Å². The van der Waals surface area contributed by atoms with Crippen molar-refractivity contribution in [3.63, 3.8) is 0 Å². The average Bonchev–Trinajstić information content (AvgIpc) is 2.72. The predicted molar refractivity (Wildman–Crippen MR) is 120 cm³/mol. The van der Waals surface area contributed by atoms with E-state index in [1.807, 2.05) is 45.0 Å². The number of aliphatic imine (C=N–C) groups is 1. The first kappa shape index (κ1) is 23.7. The molecule has 0 saturated heterocycles. The first-order valence-electron chi connectivity index (χ1n) is 9.86. The largest absolute Gasteiger partial charge is 0.497 e. The molecule has 0 unspecified atom stereocenters. The summed E-state index contributed by atoms with van der Waals surface area (Å²) in [5.74, 6) is 1.07. The molecular weight excluding hydrogens is 398 g/mol. The van der Waals surface area contributed by atoms with Crippen LogP contribution in [0.3, 0.4) is 0 Å². The fraction of sp³-hybridized carbons (Fsp3) is 0.364. The van der Waals surface area contributed by atoms with Gasteiger partial charge in [0.1, 0.15) is 5.75 Å². The second kappa shape index (κ2) is 11.0. The first-order chi connectivity index (χ1) is 14.7. The molecule has 0 saturated carbocycles. The summed E-state index contributed by atoms with van der Waals surface area (Å²) in [5, 5.41) is 19.9. The van der Waals surface area contributed by atoms with E-state index in [0.717, 1.165) is 16.9 Å². The number of hydrogen-bond donors (Lipinski definition) is 3. The number of carbonyl (C=O) groups is 1. The number of nitro groups is 1. The molecule has 0 spiro atoms. The van der Waals surface area contributed by atoms with E-state index in [-0.39, 0.29) is 23.7 Å². The van der Waals surface area contributed by atoms with Gasteiger partial charge in [-0.2, -0.15) is 0 Å². The van der Waals surface area contributed by atoms with Crippen molar-refractivity contribution in [2.24, 2.45) is 4.99 Å². The van der Waals surface area contributed by atoms with Crippen LogP contribution in [0.15, 0.2) is 53.5 Å². The van der Waals surface area contributed by atoms with Gasteiger partial charge < -0.3 is 20.7 Å². The number of amides is 1. The van der Waals surface area contributed by atoms with Crippen molar-refractivity contribution in [3.05, 3.63) is 69.8 Å². The van der Waals surface area contributed by atoms with Gasteiger partial charge in [-0.25, -0.2) is 4.99 Å². The fourth-order valence-corrected chi connectivity index (χ4v) is 2.62. The summed E-state index contributed by atoms with van der Waals surface area (Å²) in [4.78, 5) is 27.1. The molecule has 0 bridgehead atoms. The molecule has 9 heteroatoms. The SMILES string of the molecule is COc1ccc(CN=C(NCC(=O)NC(C)(C)C)NCc2ccc([N+](=O)[O-])cc2)cc1. The third kappa shape index (κ3) is 8.73. The van der Waals surface area contributed by atoms with Gasteiger partial charge in [0, 0.05) is 24.2 Å². The predicted octanol–water partition coefficient (Wildman–Crippen LogP) is 2.75. The van der Waals surface area contributed by atoms with E-state index in [9.17, 15) is 14.9 Å². The molecule has 0 heterocycles. The van der Waals surface area contributed by atoms with Gasteiger partial charge in [-0.05, 0) is 44.0 Å². The summed E-state index contributed by atoms with van der Waals surface area (Å²) in [6, 6.07) is 13.8. The van der Waals surface area contributed by atoms with Crippen molar-refractivity contribution in [1.82, 2.24) is 16.0 Å². The lowest BCUT2D eigenvalue weighted by atomic mass is 10.1. The van der Waals surface area contributed by atoms with Crippen molar-refractivity contribution < 1.29 is 14.5 Å². The summed E-state index contributed by atoms with van der Waals surface area (Å²) in [6.45, 7) is 6.60. The van der Waals surface area contributed by atoms with Gasteiger partial charge in [0.2, 0.25) is 5.91 Å². The van der Waals surface area contributed by atoms with Crippen LogP contribution in [-0.4, -0.2) is 36.0 Å². The van der Waals surface area contributed by atoms with E-state index in [2.05, 4.69) is 20.9 Å². The van der Waals surface area contributed by atoms with Gasteiger partial charge in [-0.1, -0.05) is 24.3 Å². The van der Waals surface area contributed by atoms with Gasteiger partial charge in [0.25, 0.3) is 5.69 Å². The molecule has 166 valence electrons. The zero-order valence-electron chi connectivity index (χ0n) is 18.3. The Hall–Kier alpha value is -3.62. The van der Waals surface area contributed by atoms with Crippen LogP contribution in [0.2, 0.25) is 0 Å². The van der Waals surface area contributed by atoms with Gasteiger partial charge in [-0.15, -0.1) is 0 Å². The van der Waals surface area contributed by atoms with Crippen molar-refractivity contribution in [2.45, 2.75) is 39.4 Å². The molecule has 0 aromatic heterocycles. The Bertz CT molecular complexity index is 903. The van der Waals surface area contributed by atoms with Crippen molar-refractivity contribution in [3.8, 4) is 5.75 Å². The highest BCUT2D eigenvalue weighted by atomic mass is 16.6. The minimum absolute atomic E-state index is 0.0362. The molecule has 0 atom stereocenters. The number of non-ortho nitro benzene ring substituents is 1. The van der Waals surface area contributed by atoms with Crippen molar-refractivity contribution in [1.29, 1.82) is 0 Å². The number of nitro benzene ring substituents is 1. The maximum absolute atomic E-state index is 12.1. The monoisotopic (exact) mass is 427 g/mol. The smallest absolute Gasteiger partial charge is 0.269 e. The van der Waals surface area contributed by atoms with Crippen molar-refractivity contribution >= 4 is 17.6 Å². The third-order valence-electron chi connectivity index (χ3n) is 4.12. The molecule has 0 radical (unpaired) electrons. The van der Waals surface area contributed by atoms with Gasteiger partial charge in [0.05, 0.1) is 25.1 Å². The summed E-state index contributed by atoms with van der Waals surface area (Å²) in [6.07, 6.45) is 0.